The van der Waals surface area contributed by atoms with Crippen molar-refractivity contribution in [2.45, 2.75) is 51.4 Å². The van der Waals surface area contributed by atoms with Crippen LogP contribution in [0.1, 0.15) is 53.1 Å². The molecule has 6 nitrogen and oxygen atoms in total. The molecule has 190 valence electrons. The van der Waals surface area contributed by atoms with Crippen molar-refractivity contribution in [1.82, 2.24) is 9.80 Å². The molecule has 0 bridgehead atoms. The highest BCUT2D eigenvalue weighted by atomic mass is 16.2. The Balaban J connectivity index is 0.000000253. The van der Waals surface area contributed by atoms with Gasteiger partial charge in [-0.15, -0.1) is 0 Å². The summed E-state index contributed by atoms with van der Waals surface area (Å²) in [4.78, 5) is 50.0. The van der Waals surface area contributed by atoms with Gasteiger partial charge in [0.1, 0.15) is 11.6 Å². The zero-order valence-electron chi connectivity index (χ0n) is 21.4. The highest BCUT2D eigenvalue weighted by Crippen LogP contribution is 2.36. The zero-order valence-corrected chi connectivity index (χ0v) is 21.4. The molecule has 2 aromatic carbocycles. The molecule has 2 aliphatic rings. The maximum Gasteiger partial charge on any atom is 0.227 e. The second-order valence-electron chi connectivity index (χ2n) is 9.36. The van der Waals surface area contributed by atoms with Crippen LogP contribution in [0.15, 0.2) is 85.2 Å². The summed E-state index contributed by atoms with van der Waals surface area (Å²) < 4.78 is 0. The van der Waals surface area contributed by atoms with Crippen molar-refractivity contribution >= 4 is 23.4 Å². The maximum atomic E-state index is 12.1. The fourth-order valence-electron chi connectivity index (χ4n) is 4.86. The first-order valence-electron chi connectivity index (χ1n) is 12.2. The highest BCUT2D eigenvalue weighted by Gasteiger charge is 2.40. The Bertz CT molecular complexity index is 1150. The molecular weight excluding hydrogens is 452 g/mol. The van der Waals surface area contributed by atoms with Crippen molar-refractivity contribution < 1.29 is 20.6 Å². The van der Waals surface area contributed by atoms with E-state index < -0.39 is 10.8 Å². The fraction of sp³-hybridized carbons (Fsp3) is 0.333. The van der Waals surface area contributed by atoms with Gasteiger partial charge in [0.05, 0.1) is 10.8 Å². The molecule has 2 aliphatic heterocycles. The number of amides is 2. The van der Waals surface area contributed by atoms with Crippen molar-refractivity contribution in [1.29, 1.82) is 0 Å². The second-order valence-corrected chi connectivity index (χ2v) is 9.36. The molecule has 0 spiro atoms. The average molecular weight is 489 g/mol. The first-order chi connectivity index (χ1) is 17.1. The van der Waals surface area contributed by atoms with Crippen LogP contribution in [0.2, 0.25) is 0 Å². The van der Waals surface area contributed by atoms with Crippen LogP contribution in [-0.4, -0.2) is 46.3 Å². The number of Topliss-reactive ketones (excluding diaryl/α,β-unsaturated/α-hetero) is 2. The van der Waals surface area contributed by atoms with Gasteiger partial charge in [-0.25, -0.2) is 0 Å². The normalized spacial score (nSPS) is 17.6. The lowest BCUT2D eigenvalue weighted by Gasteiger charge is -2.40. The minimum atomic E-state index is -0.757. The maximum absolute atomic E-state index is 12.1. The SMILES string of the molecule is CC(=O)N1C=CC(C(C)=O)(c2ccccc2)C=C1.CC(=O)N1CCC(C(C)=O)(c2ccccc2)CC1.[HH]. The number of hydrogen-bond donors (Lipinski definition) is 0. The van der Waals surface area contributed by atoms with E-state index in [1.54, 1.807) is 45.3 Å². The monoisotopic (exact) mass is 488 g/mol. The number of piperidine rings is 1. The third-order valence-electron chi connectivity index (χ3n) is 7.26. The van der Waals surface area contributed by atoms with Gasteiger partial charge >= 0.3 is 0 Å². The van der Waals surface area contributed by atoms with Gasteiger partial charge in [0.25, 0.3) is 0 Å². The number of carbonyl (C=O) groups excluding carboxylic acids is 4. The number of nitrogens with zero attached hydrogens (tertiary/aromatic N) is 2. The third-order valence-corrected chi connectivity index (χ3v) is 7.26. The topological polar surface area (TPSA) is 74.8 Å². The number of benzene rings is 2. The summed E-state index contributed by atoms with van der Waals surface area (Å²) in [6.07, 6.45) is 8.30. The van der Waals surface area contributed by atoms with Crippen LogP contribution < -0.4 is 0 Å². The van der Waals surface area contributed by atoms with Gasteiger partial charge in [0.15, 0.2) is 0 Å². The summed E-state index contributed by atoms with van der Waals surface area (Å²) in [6.45, 7) is 7.64. The Morgan fingerprint density at radius 1 is 0.667 bits per heavy atom. The molecule has 2 aromatic rings. The summed E-state index contributed by atoms with van der Waals surface area (Å²) >= 11 is 0. The molecule has 0 aliphatic carbocycles. The molecule has 36 heavy (non-hydrogen) atoms. The van der Waals surface area contributed by atoms with Gasteiger partial charge in [-0.05, 0) is 50.0 Å². The van der Waals surface area contributed by atoms with E-state index in [0.29, 0.717) is 13.1 Å². The molecule has 2 heterocycles. The molecule has 2 amide bonds. The lowest BCUT2D eigenvalue weighted by molar-refractivity contribution is -0.133. The van der Waals surface area contributed by atoms with Crippen LogP contribution in [0.3, 0.4) is 0 Å². The van der Waals surface area contributed by atoms with E-state index in [0.717, 1.165) is 24.0 Å². The van der Waals surface area contributed by atoms with Crippen LogP contribution in [0.4, 0.5) is 0 Å². The minimum Gasteiger partial charge on any atom is -0.343 e. The predicted octanol–water partition coefficient (Wildman–Crippen LogP) is 4.80. The Kier molecular flexibility index (Phi) is 8.41. The highest BCUT2D eigenvalue weighted by molar-refractivity contribution is 5.93. The van der Waals surface area contributed by atoms with E-state index in [1.807, 2.05) is 65.6 Å². The Morgan fingerprint density at radius 2 is 1.14 bits per heavy atom. The van der Waals surface area contributed by atoms with Crippen molar-refractivity contribution in [2.75, 3.05) is 13.1 Å². The van der Waals surface area contributed by atoms with Crippen LogP contribution >= 0.6 is 0 Å². The smallest absolute Gasteiger partial charge is 0.227 e. The van der Waals surface area contributed by atoms with Crippen molar-refractivity contribution in [3.8, 4) is 0 Å². The van der Waals surface area contributed by atoms with Gasteiger partial charge < -0.3 is 4.90 Å². The number of allylic oxidation sites excluding steroid dienone is 2. The molecule has 0 atom stereocenters. The lowest BCUT2D eigenvalue weighted by Crippen LogP contribution is -2.47. The molecule has 6 heteroatoms. The van der Waals surface area contributed by atoms with Crippen LogP contribution in [0, 0.1) is 0 Å². The van der Waals surface area contributed by atoms with Gasteiger partial charge in [-0.1, -0.05) is 60.7 Å². The predicted molar refractivity (Wildman–Crippen MR) is 142 cm³/mol. The average Bonchev–Trinajstić information content (AvgIpc) is 2.89. The van der Waals surface area contributed by atoms with Gasteiger partial charge in [-0.2, -0.15) is 0 Å². The molecule has 0 saturated carbocycles. The minimum absolute atomic E-state index is 0. The second kappa shape index (κ2) is 11.3. The molecule has 0 N–H and O–H groups in total. The number of carbonyl (C=O) groups is 4. The van der Waals surface area contributed by atoms with Crippen molar-refractivity contribution in [3.63, 3.8) is 0 Å². The van der Waals surface area contributed by atoms with E-state index in [2.05, 4.69) is 0 Å². The summed E-state index contributed by atoms with van der Waals surface area (Å²) in [6, 6.07) is 19.5. The number of ketones is 2. The third kappa shape index (κ3) is 5.54. The fourth-order valence-corrected chi connectivity index (χ4v) is 4.86. The van der Waals surface area contributed by atoms with Crippen LogP contribution in [-0.2, 0) is 30.0 Å². The molecular formula is C30H36N2O4. The van der Waals surface area contributed by atoms with E-state index >= 15 is 0 Å². The van der Waals surface area contributed by atoms with Gasteiger partial charge in [0, 0.05) is 40.8 Å². The van der Waals surface area contributed by atoms with Crippen molar-refractivity contribution in [2.24, 2.45) is 0 Å². The Morgan fingerprint density at radius 3 is 1.53 bits per heavy atom. The van der Waals surface area contributed by atoms with Gasteiger partial charge in [0.2, 0.25) is 11.8 Å². The van der Waals surface area contributed by atoms with E-state index in [9.17, 15) is 19.2 Å². The van der Waals surface area contributed by atoms with Gasteiger partial charge in [-0.3, -0.25) is 24.1 Å². The number of hydrogen-bond acceptors (Lipinski definition) is 4. The number of likely N-dealkylation sites (tertiary alicyclic amines) is 1. The molecule has 1 saturated heterocycles. The van der Waals surface area contributed by atoms with E-state index in [1.165, 1.54) is 11.8 Å². The van der Waals surface area contributed by atoms with Crippen molar-refractivity contribution in [3.05, 3.63) is 96.3 Å². The lowest BCUT2D eigenvalue weighted by atomic mass is 9.70. The largest absolute Gasteiger partial charge is 0.343 e. The summed E-state index contributed by atoms with van der Waals surface area (Å²) in [7, 11) is 0. The van der Waals surface area contributed by atoms with E-state index in [-0.39, 0.29) is 24.8 Å². The molecule has 0 aromatic heterocycles. The molecule has 0 unspecified atom stereocenters. The quantitative estimate of drug-likeness (QED) is 0.619. The standard InChI is InChI=1S/C15H19NO2.C15H15NO2.H2/c2*1-12(17)15(14-6-4-3-5-7-14)8-10-16(11-9-15)13(2)18;/h3-7H,8-11H2,1-2H3;3-11H,1-2H3;1H. The Hall–Kier alpha value is -3.80. The zero-order chi connectivity index (χ0) is 26.3. The van der Waals surface area contributed by atoms with Crippen LogP contribution in [0.5, 0.6) is 0 Å². The summed E-state index contributed by atoms with van der Waals surface area (Å²) in [5.41, 5.74) is 0.842. The van der Waals surface area contributed by atoms with Crippen LogP contribution in [0.25, 0.3) is 0 Å². The first kappa shape index (κ1) is 26.8. The summed E-state index contributed by atoms with van der Waals surface area (Å²) in [5.74, 6) is 0.259. The molecule has 0 radical (unpaired) electrons. The first-order valence-corrected chi connectivity index (χ1v) is 12.2. The molecule has 1 fully saturated rings. The summed E-state index contributed by atoms with van der Waals surface area (Å²) in [5, 5.41) is 0. The van der Waals surface area contributed by atoms with E-state index in [4.69, 9.17) is 0 Å². The number of rotatable bonds is 4. The Labute approximate surface area is 214 Å². The molecule has 4 rings (SSSR count).